The number of amides is 2. The third kappa shape index (κ3) is 6.05. The van der Waals surface area contributed by atoms with Crippen molar-refractivity contribution >= 4 is 23.2 Å². The predicted molar refractivity (Wildman–Crippen MR) is 139 cm³/mol. The Kier molecular flexibility index (Phi) is 8.21. The van der Waals surface area contributed by atoms with Gasteiger partial charge in [-0.15, -0.1) is 0 Å². The number of carbonyl (C=O) groups is 2. The summed E-state index contributed by atoms with van der Waals surface area (Å²) in [5.74, 6) is -0.175. The molecule has 4 heterocycles. The van der Waals surface area contributed by atoms with Crippen LogP contribution in [0, 0.1) is 16.0 Å². The van der Waals surface area contributed by atoms with Crippen LogP contribution >= 0.6 is 0 Å². The summed E-state index contributed by atoms with van der Waals surface area (Å²) in [6.07, 6.45) is 3.46. The molecule has 0 aliphatic carbocycles. The molecule has 5 rings (SSSR count). The number of rotatable bonds is 8. The molecule has 11 heteroatoms. The molecule has 11 nitrogen and oxygen atoms in total. The van der Waals surface area contributed by atoms with Crippen LogP contribution in [0.5, 0.6) is 0 Å². The number of benzene rings is 1. The van der Waals surface area contributed by atoms with Gasteiger partial charge in [0, 0.05) is 70.2 Å². The van der Waals surface area contributed by atoms with Gasteiger partial charge in [0.05, 0.1) is 36.6 Å². The van der Waals surface area contributed by atoms with Crippen LogP contribution in [0.25, 0.3) is 0 Å². The van der Waals surface area contributed by atoms with Crippen molar-refractivity contribution in [3.8, 4) is 0 Å². The van der Waals surface area contributed by atoms with Gasteiger partial charge < -0.3 is 19.9 Å². The smallest absolute Gasteiger partial charge is 0.269 e. The quantitative estimate of drug-likeness (QED) is 0.307. The Bertz CT molecular complexity index is 994. The lowest BCUT2D eigenvalue weighted by atomic mass is 9.83. The molecule has 2 atom stereocenters. The first-order valence-corrected chi connectivity index (χ1v) is 13.6. The van der Waals surface area contributed by atoms with Gasteiger partial charge in [0.15, 0.2) is 0 Å². The molecule has 0 radical (unpaired) electrons. The number of morpholine rings is 1. The molecule has 3 fully saturated rings. The van der Waals surface area contributed by atoms with E-state index in [0.717, 1.165) is 83.0 Å². The molecular formula is C26H38N6O5. The summed E-state index contributed by atoms with van der Waals surface area (Å²) in [5.41, 5.74) is 1.87. The highest BCUT2D eigenvalue weighted by Crippen LogP contribution is 2.38. The summed E-state index contributed by atoms with van der Waals surface area (Å²) in [7, 11) is 0. The third-order valence-electron chi connectivity index (χ3n) is 8.20. The van der Waals surface area contributed by atoms with Gasteiger partial charge in [0.25, 0.3) is 5.69 Å². The van der Waals surface area contributed by atoms with E-state index in [0.29, 0.717) is 32.6 Å². The maximum atomic E-state index is 13.5. The molecule has 4 aliphatic heterocycles. The van der Waals surface area contributed by atoms with Crippen LogP contribution < -0.4 is 10.2 Å². The fourth-order valence-corrected chi connectivity index (χ4v) is 6.15. The lowest BCUT2D eigenvalue weighted by Gasteiger charge is -2.49. The van der Waals surface area contributed by atoms with Crippen LogP contribution in [-0.4, -0.2) is 116 Å². The second-order valence-corrected chi connectivity index (χ2v) is 10.6. The zero-order valence-electron chi connectivity index (χ0n) is 21.5. The zero-order valence-corrected chi connectivity index (χ0v) is 21.5. The van der Waals surface area contributed by atoms with Gasteiger partial charge in [0.2, 0.25) is 11.8 Å². The molecule has 1 aromatic carbocycles. The number of likely N-dealkylation sites (tertiary alicyclic amines) is 1. The monoisotopic (exact) mass is 514 g/mol. The number of hydrogen-bond acceptors (Lipinski definition) is 8. The molecule has 37 heavy (non-hydrogen) atoms. The average molecular weight is 515 g/mol. The molecule has 4 aliphatic rings. The van der Waals surface area contributed by atoms with Crippen LogP contribution in [0.2, 0.25) is 0 Å². The van der Waals surface area contributed by atoms with E-state index in [9.17, 15) is 19.7 Å². The Labute approximate surface area is 217 Å². The lowest BCUT2D eigenvalue weighted by Crippen LogP contribution is -2.62. The first-order valence-electron chi connectivity index (χ1n) is 13.6. The van der Waals surface area contributed by atoms with E-state index in [1.165, 1.54) is 0 Å². The molecule has 0 bridgehead atoms. The number of ether oxygens (including phenoxy) is 1. The number of fused-ring (bicyclic) bond motifs is 3. The molecule has 2 amide bonds. The lowest BCUT2D eigenvalue weighted by molar-refractivity contribution is -0.384. The second kappa shape index (κ2) is 11.7. The number of anilines is 1. The number of nitrogens with one attached hydrogen (secondary N) is 1. The minimum Gasteiger partial charge on any atom is -0.379 e. The Hall–Kier alpha value is -2.76. The number of piperazine rings is 1. The SMILES string of the molecule is O=C(NCCCN1CCOCC1)[C@@H]1Cc2cc([N+](=O)[O-])ccc2N2CCN(CC(=O)N3CCCC3)C[C@@H]12. The van der Waals surface area contributed by atoms with Crippen LogP contribution in [0.1, 0.15) is 24.8 Å². The second-order valence-electron chi connectivity index (χ2n) is 10.6. The highest BCUT2D eigenvalue weighted by Gasteiger charge is 2.42. The van der Waals surface area contributed by atoms with Crippen LogP contribution in [0.15, 0.2) is 18.2 Å². The molecule has 0 spiro atoms. The van der Waals surface area contributed by atoms with Crippen molar-refractivity contribution in [2.24, 2.45) is 5.92 Å². The van der Waals surface area contributed by atoms with E-state index in [1.54, 1.807) is 12.1 Å². The fourth-order valence-electron chi connectivity index (χ4n) is 6.15. The first-order chi connectivity index (χ1) is 18.0. The fraction of sp³-hybridized carbons (Fsp3) is 0.692. The first kappa shape index (κ1) is 25.9. The van der Waals surface area contributed by atoms with Crippen LogP contribution in [0.4, 0.5) is 11.4 Å². The van der Waals surface area contributed by atoms with E-state index < -0.39 is 0 Å². The number of nitro benzene ring substituents is 1. The maximum Gasteiger partial charge on any atom is 0.269 e. The summed E-state index contributed by atoms with van der Waals surface area (Å²) in [4.78, 5) is 46.0. The van der Waals surface area contributed by atoms with Gasteiger partial charge in [0.1, 0.15) is 0 Å². The minimum absolute atomic E-state index is 0.0122. The molecule has 202 valence electrons. The highest BCUT2D eigenvalue weighted by molar-refractivity contribution is 5.82. The summed E-state index contributed by atoms with van der Waals surface area (Å²) in [6, 6.07) is 4.91. The highest BCUT2D eigenvalue weighted by atomic mass is 16.6. The van der Waals surface area contributed by atoms with Crippen molar-refractivity contribution in [2.75, 3.05) is 83.6 Å². The summed E-state index contributed by atoms with van der Waals surface area (Å²) < 4.78 is 5.40. The van der Waals surface area contributed by atoms with E-state index in [4.69, 9.17) is 4.74 Å². The van der Waals surface area contributed by atoms with Gasteiger partial charge in [-0.3, -0.25) is 29.5 Å². The molecule has 3 saturated heterocycles. The van der Waals surface area contributed by atoms with E-state index in [-0.39, 0.29) is 34.4 Å². The Morgan fingerprint density at radius 1 is 1.05 bits per heavy atom. The van der Waals surface area contributed by atoms with Crippen molar-refractivity contribution in [3.05, 3.63) is 33.9 Å². The van der Waals surface area contributed by atoms with Crippen molar-refractivity contribution < 1.29 is 19.2 Å². The predicted octanol–water partition coefficient (Wildman–Crippen LogP) is 0.719. The van der Waals surface area contributed by atoms with Crippen molar-refractivity contribution in [1.82, 2.24) is 20.0 Å². The number of carbonyl (C=O) groups excluding carboxylic acids is 2. The largest absolute Gasteiger partial charge is 0.379 e. The zero-order chi connectivity index (χ0) is 25.8. The maximum absolute atomic E-state index is 13.5. The van der Waals surface area contributed by atoms with Gasteiger partial charge in [-0.2, -0.15) is 0 Å². The standard InChI is InChI=1S/C26H38N6O5/c33-25(30-8-1-2-9-30)19-29-10-11-31-23-5-4-21(32(35)36)16-20(23)17-22(24(31)18-29)26(34)27-6-3-7-28-12-14-37-15-13-28/h4-5,16,22,24H,1-3,6-15,17-19H2,(H,27,34)/t22-,24+/m1/s1. The Morgan fingerprint density at radius 2 is 1.84 bits per heavy atom. The van der Waals surface area contributed by atoms with Crippen molar-refractivity contribution in [2.45, 2.75) is 31.7 Å². The normalized spacial score (nSPS) is 24.4. The molecule has 1 N–H and O–H groups in total. The summed E-state index contributed by atoms with van der Waals surface area (Å²) >= 11 is 0. The number of non-ortho nitro benzene ring substituents is 1. The topological polar surface area (TPSA) is 111 Å². The van der Waals surface area contributed by atoms with Crippen LogP contribution in [-0.2, 0) is 20.7 Å². The molecular weight excluding hydrogens is 476 g/mol. The number of nitro groups is 1. The number of nitrogens with zero attached hydrogens (tertiary/aromatic N) is 5. The third-order valence-corrected chi connectivity index (χ3v) is 8.20. The molecule has 0 aromatic heterocycles. The summed E-state index contributed by atoms with van der Waals surface area (Å²) in [6.45, 7) is 8.97. The van der Waals surface area contributed by atoms with E-state index in [1.807, 2.05) is 11.0 Å². The molecule has 1 aromatic rings. The average Bonchev–Trinajstić information content (AvgIpc) is 3.46. The van der Waals surface area contributed by atoms with Gasteiger partial charge in [-0.1, -0.05) is 0 Å². The van der Waals surface area contributed by atoms with Gasteiger partial charge >= 0.3 is 0 Å². The van der Waals surface area contributed by atoms with Crippen LogP contribution in [0.3, 0.4) is 0 Å². The molecule has 0 saturated carbocycles. The van der Waals surface area contributed by atoms with Crippen molar-refractivity contribution in [1.29, 1.82) is 0 Å². The Balaban J connectivity index is 1.26. The molecule has 0 unspecified atom stereocenters. The van der Waals surface area contributed by atoms with Gasteiger partial charge in [-0.05, 0) is 43.9 Å². The van der Waals surface area contributed by atoms with Gasteiger partial charge in [-0.25, -0.2) is 0 Å². The van der Waals surface area contributed by atoms with E-state index in [2.05, 4.69) is 20.0 Å². The van der Waals surface area contributed by atoms with E-state index >= 15 is 0 Å². The van der Waals surface area contributed by atoms with Crippen molar-refractivity contribution in [3.63, 3.8) is 0 Å². The minimum atomic E-state index is -0.380. The summed E-state index contributed by atoms with van der Waals surface area (Å²) in [5, 5.41) is 14.5. The Morgan fingerprint density at radius 3 is 2.59 bits per heavy atom. The number of hydrogen-bond donors (Lipinski definition) is 1.